The number of nitrogens with one attached hydrogen (secondary N) is 1. The van der Waals surface area contributed by atoms with Crippen molar-refractivity contribution >= 4 is 5.96 Å². The largest absolute Gasteiger partial charge is 0.352 e. The molecule has 0 unspecified atom stereocenters. The Morgan fingerprint density at radius 1 is 1.19 bits per heavy atom. The summed E-state index contributed by atoms with van der Waals surface area (Å²) in [6, 6.07) is 14.3. The molecule has 1 aromatic carbocycles. The zero-order valence-electron chi connectivity index (χ0n) is 15.4. The highest BCUT2D eigenvalue weighted by molar-refractivity contribution is 5.79. The molecule has 134 valence electrons. The number of hydrogen-bond donors (Lipinski definition) is 1. The molecule has 6 heteroatoms. The van der Waals surface area contributed by atoms with E-state index in [1.165, 1.54) is 11.1 Å². The summed E-state index contributed by atoms with van der Waals surface area (Å²) in [4.78, 5) is 10.9. The SMILES string of the molecule is CN=C(NCc1ccnc(-n2cccn2)c1)N(C)Cc1ccccc1C. The number of aromatic nitrogens is 3. The van der Waals surface area contributed by atoms with Gasteiger partial charge in [0.1, 0.15) is 0 Å². The first-order chi connectivity index (χ1) is 12.7. The molecule has 0 atom stereocenters. The smallest absolute Gasteiger partial charge is 0.193 e. The van der Waals surface area contributed by atoms with Gasteiger partial charge in [0.25, 0.3) is 0 Å². The van der Waals surface area contributed by atoms with Crippen molar-refractivity contribution in [3.8, 4) is 5.82 Å². The highest BCUT2D eigenvalue weighted by Crippen LogP contribution is 2.10. The zero-order valence-corrected chi connectivity index (χ0v) is 15.4. The minimum absolute atomic E-state index is 0.668. The maximum Gasteiger partial charge on any atom is 0.193 e. The van der Waals surface area contributed by atoms with Crippen molar-refractivity contribution in [2.45, 2.75) is 20.0 Å². The van der Waals surface area contributed by atoms with E-state index in [2.05, 4.69) is 56.5 Å². The molecule has 0 amide bonds. The Kier molecular flexibility index (Phi) is 5.63. The Hall–Kier alpha value is -3.15. The lowest BCUT2D eigenvalue weighted by molar-refractivity contribution is 0.475. The summed E-state index contributed by atoms with van der Waals surface area (Å²) in [6.45, 7) is 3.61. The third-order valence-corrected chi connectivity index (χ3v) is 4.24. The van der Waals surface area contributed by atoms with Crippen LogP contribution >= 0.6 is 0 Å². The van der Waals surface area contributed by atoms with Crippen LogP contribution in [0.4, 0.5) is 0 Å². The van der Waals surface area contributed by atoms with Crippen LogP contribution in [-0.2, 0) is 13.1 Å². The molecule has 0 aliphatic rings. The van der Waals surface area contributed by atoms with E-state index >= 15 is 0 Å². The molecule has 3 rings (SSSR count). The van der Waals surface area contributed by atoms with Gasteiger partial charge in [0.15, 0.2) is 11.8 Å². The van der Waals surface area contributed by atoms with Gasteiger partial charge in [-0.1, -0.05) is 24.3 Å². The van der Waals surface area contributed by atoms with Gasteiger partial charge in [-0.05, 0) is 41.8 Å². The van der Waals surface area contributed by atoms with Gasteiger partial charge in [0.05, 0.1) is 0 Å². The van der Waals surface area contributed by atoms with Gasteiger partial charge in [-0.15, -0.1) is 0 Å². The van der Waals surface area contributed by atoms with E-state index in [-0.39, 0.29) is 0 Å². The standard InChI is InChI=1S/C20H24N6/c1-16-7-4-5-8-18(16)15-25(3)20(21-2)23-14-17-9-11-22-19(13-17)26-12-6-10-24-26/h4-13H,14-15H2,1-3H3,(H,21,23). The van der Waals surface area contributed by atoms with Crippen molar-refractivity contribution in [3.63, 3.8) is 0 Å². The number of aliphatic imine (C=N–C) groups is 1. The van der Waals surface area contributed by atoms with Crippen molar-refractivity contribution in [2.75, 3.05) is 14.1 Å². The van der Waals surface area contributed by atoms with Crippen LogP contribution in [0.25, 0.3) is 5.82 Å². The lowest BCUT2D eigenvalue weighted by Gasteiger charge is -2.23. The molecule has 0 bridgehead atoms. The predicted molar refractivity (Wildman–Crippen MR) is 104 cm³/mol. The van der Waals surface area contributed by atoms with Crippen LogP contribution in [0.2, 0.25) is 0 Å². The van der Waals surface area contributed by atoms with Crippen molar-refractivity contribution in [1.29, 1.82) is 0 Å². The molecular formula is C20H24N6. The lowest BCUT2D eigenvalue weighted by Crippen LogP contribution is -2.38. The third kappa shape index (κ3) is 4.27. The third-order valence-electron chi connectivity index (χ3n) is 4.24. The van der Waals surface area contributed by atoms with E-state index in [0.717, 1.165) is 23.9 Å². The topological polar surface area (TPSA) is 58.3 Å². The van der Waals surface area contributed by atoms with Gasteiger partial charge < -0.3 is 10.2 Å². The summed E-state index contributed by atoms with van der Waals surface area (Å²) >= 11 is 0. The molecule has 2 aromatic heterocycles. The van der Waals surface area contributed by atoms with Crippen molar-refractivity contribution in [3.05, 3.63) is 77.7 Å². The fourth-order valence-electron chi connectivity index (χ4n) is 2.78. The van der Waals surface area contributed by atoms with Crippen LogP contribution in [0.15, 0.2) is 66.0 Å². The average Bonchev–Trinajstić information content (AvgIpc) is 3.19. The maximum atomic E-state index is 4.40. The van der Waals surface area contributed by atoms with Crippen LogP contribution in [0, 0.1) is 6.92 Å². The number of guanidine groups is 1. The number of pyridine rings is 1. The fourth-order valence-corrected chi connectivity index (χ4v) is 2.78. The molecule has 0 saturated carbocycles. The zero-order chi connectivity index (χ0) is 18.4. The molecule has 0 aliphatic carbocycles. The van der Waals surface area contributed by atoms with Gasteiger partial charge in [0.2, 0.25) is 0 Å². The molecular weight excluding hydrogens is 324 g/mol. The van der Waals surface area contributed by atoms with E-state index in [1.807, 2.05) is 31.4 Å². The van der Waals surface area contributed by atoms with Crippen molar-refractivity contribution in [2.24, 2.45) is 4.99 Å². The Morgan fingerprint density at radius 2 is 2.04 bits per heavy atom. The Balaban J connectivity index is 1.64. The molecule has 0 radical (unpaired) electrons. The molecule has 0 aliphatic heterocycles. The monoisotopic (exact) mass is 348 g/mol. The Morgan fingerprint density at radius 3 is 2.77 bits per heavy atom. The summed E-state index contributed by atoms with van der Waals surface area (Å²) in [5, 5.41) is 7.64. The van der Waals surface area contributed by atoms with Crippen LogP contribution in [-0.4, -0.2) is 39.7 Å². The number of aryl methyl sites for hydroxylation is 1. The second-order valence-corrected chi connectivity index (χ2v) is 6.16. The number of nitrogens with zero attached hydrogens (tertiary/aromatic N) is 5. The van der Waals surface area contributed by atoms with Gasteiger partial charge in [0, 0.05) is 45.8 Å². The Bertz CT molecular complexity index is 870. The number of hydrogen-bond acceptors (Lipinski definition) is 3. The second kappa shape index (κ2) is 8.29. The van der Waals surface area contributed by atoms with Crippen molar-refractivity contribution in [1.82, 2.24) is 25.0 Å². The number of rotatable bonds is 5. The molecule has 26 heavy (non-hydrogen) atoms. The summed E-state index contributed by atoms with van der Waals surface area (Å²) < 4.78 is 1.75. The average molecular weight is 348 g/mol. The highest BCUT2D eigenvalue weighted by atomic mass is 15.3. The Labute approximate surface area is 154 Å². The van der Waals surface area contributed by atoms with E-state index < -0.39 is 0 Å². The van der Waals surface area contributed by atoms with Crippen LogP contribution in [0.1, 0.15) is 16.7 Å². The fraction of sp³-hybridized carbons (Fsp3) is 0.250. The molecule has 0 spiro atoms. The van der Waals surface area contributed by atoms with Gasteiger partial charge in [-0.25, -0.2) is 9.67 Å². The van der Waals surface area contributed by atoms with E-state index in [0.29, 0.717) is 6.54 Å². The normalized spacial score (nSPS) is 11.4. The molecule has 3 aromatic rings. The predicted octanol–water partition coefficient (Wildman–Crippen LogP) is 2.78. The van der Waals surface area contributed by atoms with Gasteiger partial charge >= 0.3 is 0 Å². The van der Waals surface area contributed by atoms with E-state index in [9.17, 15) is 0 Å². The highest BCUT2D eigenvalue weighted by Gasteiger charge is 2.08. The molecule has 2 heterocycles. The number of benzene rings is 1. The maximum absolute atomic E-state index is 4.40. The lowest BCUT2D eigenvalue weighted by atomic mass is 10.1. The van der Waals surface area contributed by atoms with Crippen LogP contribution in [0.5, 0.6) is 0 Å². The van der Waals surface area contributed by atoms with E-state index in [1.54, 1.807) is 24.1 Å². The summed E-state index contributed by atoms with van der Waals surface area (Å²) in [6.07, 6.45) is 5.43. The van der Waals surface area contributed by atoms with Gasteiger partial charge in [-0.2, -0.15) is 5.10 Å². The quantitative estimate of drug-likeness (QED) is 0.569. The van der Waals surface area contributed by atoms with Crippen LogP contribution in [0.3, 0.4) is 0 Å². The second-order valence-electron chi connectivity index (χ2n) is 6.16. The van der Waals surface area contributed by atoms with Crippen LogP contribution < -0.4 is 5.32 Å². The molecule has 0 fully saturated rings. The minimum atomic E-state index is 0.668. The summed E-state index contributed by atoms with van der Waals surface area (Å²) in [5.74, 6) is 1.66. The van der Waals surface area contributed by atoms with E-state index in [4.69, 9.17) is 0 Å². The molecule has 0 saturated heterocycles. The summed E-state index contributed by atoms with van der Waals surface area (Å²) in [5.41, 5.74) is 3.70. The van der Waals surface area contributed by atoms with Gasteiger partial charge in [-0.3, -0.25) is 4.99 Å². The first kappa shape index (κ1) is 17.7. The first-order valence-electron chi connectivity index (χ1n) is 8.58. The first-order valence-corrected chi connectivity index (χ1v) is 8.58. The molecule has 6 nitrogen and oxygen atoms in total. The molecule has 1 N–H and O–H groups in total. The van der Waals surface area contributed by atoms with Crippen molar-refractivity contribution < 1.29 is 0 Å². The minimum Gasteiger partial charge on any atom is -0.352 e. The summed E-state index contributed by atoms with van der Waals surface area (Å²) in [7, 11) is 3.85.